The zero-order chi connectivity index (χ0) is 14.0. The van der Waals surface area contributed by atoms with Crippen LogP contribution in [0.1, 0.15) is 10.4 Å². The largest absolute Gasteiger partial charge is 0.496 e. The molecule has 1 atom stereocenters. The predicted octanol–water partition coefficient (Wildman–Crippen LogP) is 1.95. The van der Waals surface area contributed by atoms with Gasteiger partial charge in [0.25, 0.3) is 5.91 Å². The topological polar surface area (TPSA) is 66.8 Å². The van der Waals surface area contributed by atoms with E-state index in [1.54, 1.807) is 12.1 Å². The molecule has 0 saturated carbocycles. The van der Waals surface area contributed by atoms with Gasteiger partial charge in [-0.25, -0.2) is 4.79 Å². The number of benzene rings is 1. The molecule has 1 amide bonds. The number of carboxylic acids is 1. The van der Waals surface area contributed by atoms with Gasteiger partial charge in [0.1, 0.15) is 11.8 Å². The molecule has 0 spiro atoms. The van der Waals surface area contributed by atoms with Gasteiger partial charge in [0.05, 0.1) is 18.6 Å². The molecule has 0 bridgehead atoms. The van der Waals surface area contributed by atoms with E-state index < -0.39 is 12.0 Å². The third-order valence-electron chi connectivity index (χ3n) is 2.82. The van der Waals surface area contributed by atoms with Gasteiger partial charge in [0.2, 0.25) is 0 Å². The molecule has 19 heavy (non-hydrogen) atoms. The number of aliphatic carboxylic acids is 1. The van der Waals surface area contributed by atoms with Gasteiger partial charge < -0.3 is 14.7 Å². The second-order valence-electron chi connectivity index (χ2n) is 3.97. The van der Waals surface area contributed by atoms with Crippen molar-refractivity contribution in [2.75, 3.05) is 18.7 Å². The first-order chi connectivity index (χ1) is 9.04. The van der Waals surface area contributed by atoms with Crippen molar-refractivity contribution in [2.45, 2.75) is 6.04 Å². The first kappa shape index (κ1) is 14.0. The van der Waals surface area contributed by atoms with Gasteiger partial charge in [-0.1, -0.05) is 11.6 Å². The van der Waals surface area contributed by atoms with Gasteiger partial charge >= 0.3 is 5.97 Å². The zero-order valence-corrected chi connectivity index (χ0v) is 11.7. The van der Waals surface area contributed by atoms with Crippen LogP contribution in [0.3, 0.4) is 0 Å². The maximum Gasteiger partial charge on any atom is 0.327 e. The lowest BCUT2D eigenvalue weighted by Gasteiger charge is -2.21. The normalized spacial score (nSPS) is 18.4. The average molecular weight is 302 g/mol. The van der Waals surface area contributed by atoms with Gasteiger partial charge in [-0.3, -0.25) is 4.79 Å². The summed E-state index contributed by atoms with van der Waals surface area (Å²) in [4.78, 5) is 24.8. The van der Waals surface area contributed by atoms with E-state index >= 15 is 0 Å². The molecule has 1 aliphatic heterocycles. The van der Waals surface area contributed by atoms with E-state index in [2.05, 4.69) is 0 Å². The lowest BCUT2D eigenvalue weighted by Crippen LogP contribution is -2.41. The molecule has 1 aromatic carbocycles. The molecule has 1 N–H and O–H groups in total. The Hall–Kier alpha value is -1.40. The minimum atomic E-state index is -1.00. The van der Waals surface area contributed by atoms with Crippen LogP contribution >= 0.6 is 23.4 Å². The monoisotopic (exact) mass is 301 g/mol. The maximum atomic E-state index is 12.4. The number of thioether (sulfide) groups is 1. The van der Waals surface area contributed by atoms with Crippen LogP contribution in [0.25, 0.3) is 0 Å². The molecule has 0 aromatic heterocycles. The predicted molar refractivity (Wildman–Crippen MR) is 72.9 cm³/mol. The number of hydrogen-bond acceptors (Lipinski definition) is 4. The summed E-state index contributed by atoms with van der Waals surface area (Å²) in [6.45, 7) is 0. The summed E-state index contributed by atoms with van der Waals surface area (Å²) in [5, 5.41) is 9.50. The Kier molecular flexibility index (Phi) is 4.21. The first-order valence-electron chi connectivity index (χ1n) is 5.49. The van der Waals surface area contributed by atoms with Crippen LogP contribution in [0.5, 0.6) is 5.75 Å². The van der Waals surface area contributed by atoms with Gasteiger partial charge in [0, 0.05) is 10.8 Å². The molecule has 2 rings (SSSR count). The highest BCUT2D eigenvalue weighted by atomic mass is 35.5. The number of halogens is 1. The van der Waals surface area contributed by atoms with Crippen LogP contribution in [0.15, 0.2) is 18.2 Å². The number of carboxylic acid groups (broad SMARTS) is 1. The first-order valence-corrected chi connectivity index (χ1v) is 7.03. The Morgan fingerprint density at radius 2 is 2.26 bits per heavy atom. The minimum absolute atomic E-state index is 0.281. The summed E-state index contributed by atoms with van der Waals surface area (Å²) in [6, 6.07) is 3.89. The van der Waals surface area contributed by atoms with Crippen LogP contribution < -0.4 is 4.74 Å². The third kappa shape index (κ3) is 2.79. The third-order valence-corrected chi connectivity index (χ3v) is 4.07. The number of carbonyl (C=O) groups excluding carboxylic acids is 1. The Labute approximate surface area is 119 Å². The van der Waals surface area contributed by atoms with Crippen LogP contribution in [0.2, 0.25) is 5.02 Å². The van der Waals surface area contributed by atoms with Crippen LogP contribution in [0, 0.1) is 0 Å². The summed E-state index contributed by atoms with van der Waals surface area (Å²) in [6.07, 6.45) is 0. The quantitative estimate of drug-likeness (QED) is 0.924. The highest BCUT2D eigenvalue weighted by molar-refractivity contribution is 7.99. The molecule has 1 aromatic rings. The Morgan fingerprint density at radius 1 is 1.53 bits per heavy atom. The Balaban J connectivity index is 2.33. The second kappa shape index (κ2) is 5.71. The van der Waals surface area contributed by atoms with Crippen molar-refractivity contribution in [3.8, 4) is 5.75 Å². The van der Waals surface area contributed by atoms with Crippen molar-refractivity contribution in [1.29, 1.82) is 0 Å². The van der Waals surface area contributed by atoms with Crippen molar-refractivity contribution in [3.05, 3.63) is 28.8 Å². The van der Waals surface area contributed by atoms with Crippen LogP contribution in [0.4, 0.5) is 0 Å². The molecule has 102 valence electrons. The van der Waals surface area contributed by atoms with Gasteiger partial charge in [-0.05, 0) is 18.2 Å². The fraction of sp³-hybridized carbons (Fsp3) is 0.333. The van der Waals surface area contributed by atoms with Crippen molar-refractivity contribution >= 4 is 35.2 Å². The zero-order valence-electron chi connectivity index (χ0n) is 10.1. The summed E-state index contributed by atoms with van der Waals surface area (Å²) in [5.74, 6) is -0.248. The second-order valence-corrected chi connectivity index (χ2v) is 5.41. The van der Waals surface area contributed by atoms with Crippen molar-refractivity contribution in [2.24, 2.45) is 0 Å². The fourth-order valence-corrected chi connectivity index (χ4v) is 3.17. The van der Waals surface area contributed by atoms with Crippen molar-refractivity contribution in [3.63, 3.8) is 0 Å². The molecular weight excluding hydrogens is 290 g/mol. The molecule has 1 saturated heterocycles. The summed E-state index contributed by atoms with van der Waals surface area (Å²) < 4.78 is 5.12. The smallest absolute Gasteiger partial charge is 0.327 e. The average Bonchev–Trinajstić information content (AvgIpc) is 2.87. The van der Waals surface area contributed by atoms with Gasteiger partial charge in [-0.2, -0.15) is 0 Å². The number of ether oxygens (including phenoxy) is 1. The molecule has 1 aliphatic rings. The number of amides is 1. The number of rotatable bonds is 3. The van der Waals surface area contributed by atoms with E-state index in [1.807, 2.05) is 0 Å². The fourth-order valence-electron chi connectivity index (χ4n) is 1.85. The molecule has 5 nitrogen and oxygen atoms in total. The lowest BCUT2D eigenvalue weighted by molar-refractivity contribution is -0.140. The Bertz CT molecular complexity index is 522. The summed E-state index contributed by atoms with van der Waals surface area (Å²) in [5.41, 5.74) is 0.281. The molecule has 1 fully saturated rings. The van der Waals surface area contributed by atoms with Crippen molar-refractivity contribution in [1.82, 2.24) is 4.90 Å². The van der Waals surface area contributed by atoms with Gasteiger partial charge in [-0.15, -0.1) is 11.8 Å². The molecule has 1 unspecified atom stereocenters. The summed E-state index contributed by atoms with van der Waals surface area (Å²) in [7, 11) is 1.45. The SMILES string of the molecule is COc1ccc(Cl)cc1C(=O)N1CSCC1C(=O)O. The molecule has 1 heterocycles. The molecule has 0 aliphatic carbocycles. The van der Waals surface area contributed by atoms with E-state index in [-0.39, 0.29) is 11.5 Å². The molecule has 7 heteroatoms. The van der Waals surface area contributed by atoms with E-state index in [1.165, 1.54) is 29.8 Å². The van der Waals surface area contributed by atoms with Gasteiger partial charge in [0.15, 0.2) is 0 Å². The van der Waals surface area contributed by atoms with E-state index in [4.69, 9.17) is 21.4 Å². The van der Waals surface area contributed by atoms with Crippen LogP contribution in [-0.2, 0) is 4.79 Å². The number of methoxy groups -OCH3 is 1. The van der Waals surface area contributed by atoms with E-state index in [0.29, 0.717) is 22.4 Å². The number of hydrogen-bond donors (Lipinski definition) is 1. The lowest BCUT2D eigenvalue weighted by atomic mass is 10.1. The van der Waals surface area contributed by atoms with Crippen LogP contribution in [-0.4, -0.2) is 46.7 Å². The van der Waals surface area contributed by atoms with Crippen molar-refractivity contribution < 1.29 is 19.4 Å². The number of nitrogens with zero attached hydrogens (tertiary/aromatic N) is 1. The minimum Gasteiger partial charge on any atom is -0.496 e. The van der Waals surface area contributed by atoms with E-state index in [0.717, 1.165) is 0 Å². The highest BCUT2D eigenvalue weighted by Gasteiger charge is 2.36. The maximum absolute atomic E-state index is 12.4. The van der Waals surface area contributed by atoms with E-state index in [9.17, 15) is 9.59 Å². The Morgan fingerprint density at radius 3 is 2.89 bits per heavy atom. The highest BCUT2D eigenvalue weighted by Crippen LogP contribution is 2.28. The standard InChI is InChI=1S/C12H12ClNO4S/c1-18-10-3-2-7(13)4-8(10)11(15)14-6-19-5-9(14)12(16)17/h2-4,9H,5-6H2,1H3,(H,16,17). The summed E-state index contributed by atoms with van der Waals surface area (Å²) >= 11 is 7.29. The molecular formula is C12H12ClNO4S. The molecule has 0 radical (unpaired) electrons. The number of carbonyl (C=O) groups is 2.